The molecule has 2 rings (SSSR count). The topological polar surface area (TPSA) is 41.5 Å². The van der Waals surface area contributed by atoms with Gasteiger partial charge in [0.15, 0.2) is 0 Å². The molecule has 2 atom stereocenters. The van der Waals surface area contributed by atoms with Crippen molar-refractivity contribution in [2.24, 2.45) is 11.8 Å². The van der Waals surface area contributed by atoms with Crippen molar-refractivity contribution in [2.45, 2.75) is 6.10 Å². The van der Waals surface area contributed by atoms with Crippen LogP contribution in [0.5, 0.6) is 0 Å². The Balaban J connectivity index is 2.05. The summed E-state index contributed by atoms with van der Waals surface area (Å²) >= 11 is 0. The largest absolute Gasteiger partial charge is 0.392 e. The molecule has 0 aliphatic carbocycles. The molecule has 0 spiro atoms. The van der Waals surface area contributed by atoms with Gasteiger partial charge >= 0.3 is 0 Å². The molecule has 0 aromatic heterocycles. The van der Waals surface area contributed by atoms with E-state index in [4.69, 9.17) is 4.74 Å². The van der Waals surface area contributed by atoms with Gasteiger partial charge in [0.05, 0.1) is 19.3 Å². The summed E-state index contributed by atoms with van der Waals surface area (Å²) in [4.78, 5) is 0. The second kappa shape index (κ2) is 2.49. The zero-order valence-electron chi connectivity index (χ0n) is 5.92. The van der Waals surface area contributed by atoms with Crippen LogP contribution in [0.15, 0.2) is 0 Å². The summed E-state index contributed by atoms with van der Waals surface area (Å²) in [6.45, 7) is 3.28. The van der Waals surface area contributed by atoms with E-state index in [1.165, 1.54) is 0 Å². The van der Waals surface area contributed by atoms with Crippen LogP contribution in [-0.4, -0.2) is 37.5 Å². The monoisotopic (exact) mass is 143 g/mol. The molecule has 0 aromatic rings. The van der Waals surface area contributed by atoms with E-state index in [0.717, 1.165) is 26.3 Å². The number of nitrogens with one attached hydrogen (secondary N) is 1. The Hall–Kier alpha value is -0.120. The minimum absolute atomic E-state index is 0.116. The van der Waals surface area contributed by atoms with Crippen LogP contribution in [0.2, 0.25) is 0 Å². The lowest BCUT2D eigenvalue weighted by molar-refractivity contribution is -0.0935. The maximum absolute atomic E-state index is 9.57. The third-order valence-corrected chi connectivity index (χ3v) is 2.44. The van der Waals surface area contributed by atoms with Gasteiger partial charge in [-0.3, -0.25) is 0 Å². The van der Waals surface area contributed by atoms with Crippen LogP contribution in [0.25, 0.3) is 0 Å². The third-order valence-electron chi connectivity index (χ3n) is 2.44. The lowest BCUT2D eigenvalue weighted by Gasteiger charge is -2.39. The first-order valence-corrected chi connectivity index (χ1v) is 3.84. The second-order valence-corrected chi connectivity index (χ2v) is 3.21. The van der Waals surface area contributed by atoms with Gasteiger partial charge in [-0.25, -0.2) is 0 Å². The van der Waals surface area contributed by atoms with E-state index in [1.807, 2.05) is 0 Å². The van der Waals surface area contributed by atoms with Crippen LogP contribution in [0.4, 0.5) is 0 Å². The van der Waals surface area contributed by atoms with Crippen LogP contribution in [0.3, 0.4) is 0 Å². The SMILES string of the molecule is OC1C2CNCC1COC2. The molecule has 2 aliphatic heterocycles. The second-order valence-electron chi connectivity index (χ2n) is 3.21. The molecule has 0 radical (unpaired) electrons. The van der Waals surface area contributed by atoms with Gasteiger partial charge in [-0.2, -0.15) is 0 Å². The van der Waals surface area contributed by atoms with E-state index < -0.39 is 0 Å². The minimum atomic E-state index is -0.116. The fourth-order valence-electron chi connectivity index (χ4n) is 1.77. The first-order chi connectivity index (χ1) is 4.88. The van der Waals surface area contributed by atoms with Gasteiger partial charge in [0, 0.05) is 24.9 Å². The zero-order chi connectivity index (χ0) is 6.97. The molecule has 2 aliphatic rings. The molecular formula is C7H13NO2. The average Bonchev–Trinajstić information content (AvgIpc) is 1.86. The van der Waals surface area contributed by atoms with Gasteiger partial charge in [0.1, 0.15) is 0 Å². The van der Waals surface area contributed by atoms with Gasteiger partial charge in [0.2, 0.25) is 0 Å². The van der Waals surface area contributed by atoms with Crippen molar-refractivity contribution in [1.82, 2.24) is 5.32 Å². The Morgan fingerprint density at radius 2 is 1.80 bits per heavy atom. The highest BCUT2D eigenvalue weighted by Gasteiger charge is 2.35. The molecule has 2 N–H and O–H groups in total. The average molecular weight is 143 g/mol. The van der Waals surface area contributed by atoms with E-state index in [-0.39, 0.29) is 6.10 Å². The molecule has 0 aromatic carbocycles. The van der Waals surface area contributed by atoms with Crippen LogP contribution in [0, 0.1) is 11.8 Å². The van der Waals surface area contributed by atoms with Crippen molar-refractivity contribution in [3.63, 3.8) is 0 Å². The molecule has 0 saturated carbocycles. The van der Waals surface area contributed by atoms with Crippen molar-refractivity contribution in [1.29, 1.82) is 0 Å². The Labute approximate surface area is 60.4 Å². The molecule has 10 heavy (non-hydrogen) atoms. The molecule has 2 saturated heterocycles. The molecule has 2 unspecified atom stereocenters. The molecule has 0 amide bonds. The first-order valence-electron chi connectivity index (χ1n) is 3.84. The Kier molecular flexibility index (Phi) is 1.64. The van der Waals surface area contributed by atoms with Crippen LogP contribution < -0.4 is 5.32 Å². The van der Waals surface area contributed by atoms with Gasteiger partial charge in [-0.15, -0.1) is 0 Å². The number of ether oxygens (including phenoxy) is 1. The summed E-state index contributed by atoms with van der Waals surface area (Å²) in [6.07, 6.45) is -0.116. The minimum Gasteiger partial charge on any atom is -0.392 e. The highest BCUT2D eigenvalue weighted by atomic mass is 16.5. The van der Waals surface area contributed by atoms with Crippen LogP contribution in [-0.2, 0) is 4.74 Å². The van der Waals surface area contributed by atoms with Gasteiger partial charge in [-0.1, -0.05) is 0 Å². The fourth-order valence-corrected chi connectivity index (χ4v) is 1.77. The fraction of sp³-hybridized carbons (Fsp3) is 1.00. The van der Waals surface area contributed by atoms with Gasteiger partial charge in [-0.05, 0) is 0 Å². The molecule has 2 bridgehead atoms. The number of piperidine rings is 1. The lowest BCUT2D eigenvalue weighted by atomic mass is 9.86. The molecule has 2 fully saturated rings. The van der Waals surface area contributed by atoms with Crippen molar-refractivity contribution in [3.05, 3.63) is 0 Å². The van der Waals surface area contributed by atoms with Crippen molar-refractivity contribution >= 4 is 0 Å². The van der Waals surface area contributed by atoms with Crippen molar-refractivity contribution in [3.8, 4) is 0 Å². The predicted octanol–water partition coefficient (Wildman–Crippen LogP) is -0.787. The number of rotatable bonds is 0. The zero-order valence-corrected chi connectivity index (χ0v) is 5.92. The molecule has 58 valence electrons. The maximum atomic E-state index is 9.57. The van der Waals surface area contributed by atoms with E-state index in [2.05, 4.69) is 5.32 Å². The predicted molar refractivity (Wildman–Crippen MR) is 36.7 cm³/mol. The van der Waals surface area contributed by atoms with E-state index in [0.29, 0.717) is 11.8 Å². The van der Waals surface area contributed by atoms with Crippen molar-refractivity contribution in [2.75, 3.05) is 26.3 Å². The highest BCUT2D eigenvalue weighted by Crippen LogP contribution is 2.22. The summed E-state index contributed by atoms with van der Waals surface area (Å²) in [5, 5.41) is 12.8. The quantitative estimate of drug-likeness (QED) is 0.467. The summed E-state index contributed by atoms with van der Waals surface area (Å²) in [7, 11) is 0. The molecular weight excluding hydrogens is 130 g/mol. The molecule has 3 heteroatoms. The standard InChI is InChI=1S/C7H13NO2/c9-7-5-1-8-2-6(7)4-10-3-5/h5-9H,1-4H2. The summed E-state index contributed by atoms with van der Waals surface area (Å²) in [5.74, 6) is 0.681. The number of fused-ring (bicyclic) bond motifs is 2. The molecule has 2 heterocycles. The Morgan fingerprint density at radius 1 is 1.20 bits per heavy atom. The summed E-state index contributed by atoms with van der Waals surface area (Å²) in [6, 6.07) is 0. The van der Waals surface area contributed by atoms with E-state index in [9.17, 15) is 5.11 Å². The number of aliphatic hydroxyl groups is 1. The van der Waals surface area contributed by atoms with E-state index >= 15 is 0 Å². The van der Waals surface area contributed by atoms with Crippen LogP contribution >= 0.6 is 0 Å². The third kappa shape index (κ3) is 0.944. The van der Waals surface area contributed by atoms with Crippen molar-refractivity contribution < 1.29 is 9.84 Å². The Bertz CT molecular complexity index is 107. The highest BCUT2D eigenvalue weighted by molar-refractivity contribution is 4.87. The normalized spacial score (nSPS) is 47.1. The van der Waals surface area contributed by atoms with Crippen LogP contribution in [0.1, 0.15) is 0 Å². The first kappa shape index (κ1) is 6.58. The Morgan fingerprint density at radius 3 is 2.30 bits per heavy atom. The van der Waals surface area contributed by atoms with Gasteiger partial charge in [0.25, 0.3) is 0 Å². The van der Waals surface area contributed by atoms with E-state index in [1.54, 1.807) is 0 Å². The summed E-state index contributed by atoms with van der Waals surface area (Å²) < 4.78 is 5.31. The maximum Gasteiger partial charge on any atom is 0.0664 e. The number of hydrogen-bond donors (Lipinski definition) is 2. The lowest BCUT2D eigenvalue weighted by Crippen LogP contribution is -2.53. The number of aliphatic hydroxyl groups excluding tert-OH is 1. The number of hydrogen-bond acceptors (Lipinski definition) is 3. The molecule has 3 nitrogen and oxygen atoms in total. The van der Waals surface area contributed by atoms with Gasteiger partial charge < -0.3 is 15.2 Å². The summed E-state index contributed by atoms with van der Waals surface area (Å²) in [5.41, 5.74) is 0. The smallest absolute Gasteiger partial charge is 0.0664 e.